The molecule has 2 N–H and O–H groups in total. The van der Waals surface area contributed by atoms with Gasteiger partial charge in [-0.1, -0.05) is 0 Å². The molecule has 0 aliphatic heterocycles. The summed E-state index contributed by atoms with van der Waals surface area (Å²) in [5.74, 6) is 0. The van der Waals surface area contributed by atoms with Gasteiger partial charge in [0.1, 0.15) is 0 Å². The molecular weight excluding hydrogens is 264 g/mol. The van der Waals surface area contributed by atoms with Crippen LogP contribution < -0.4 is 10.0 Å². The molecule has 19 heavy (non-hydrogen) atoms. The number of pyridine rings is 2. The Morgan fingerprint density at radius 3 is 2.58 bits per heavy atom. The number of sulfonamides is 1. The van der Waals surface area contributed by atoms with Crippen molar-refractivity contribution in [2.75, 3.05) is 16.6 Å². The third-order valence-corrected chi connectivity index (χ3v) is 3.66. The third kappa shape index (κ3) is 3.19. The molecule has 100 valence electrons. The predicted octanol–water partition coefficient (Wildman–Crippen LogP) is 1.71. The van der Waals surface area contributed by atoms with E-state index in [1.807, 2.05) is 6.92 Å². The zero-order chi connectivity index (χ0) is 13.7. The minimum Gasteiger partial charge on any atom is -0.383 e. The molecule has 6 nitrogen and oxygen atoms in total. The summed E-state index contributed by atoms with van der Waals surface area (Å²) in [6, 6.07) is 6.52. The molecule has 0 aliphatic rings. The van der Waals surface area contributed by atoms with Gasteiger partial charge in [-0.3, -0.25) is 9.71 Å². The lowest BCUT2D eigenvalue weighted by molar-refractivity contribution is 0.598. The lowest BCUT2D eigenvalue weighted by Crippen LogP contribution is -2.17. The average Bonchev–Trinajstić information content (AvgIpc) is 2.40. The van der Waals surface area contributed by atoms with Crippen LogP contribution >= 0.6 is 0 Å². The first-order chi connectivity index (χ1) is 9.13. The molecule has 0 amide bonds. The minimum atomic E-state index is -3.72. The van der Waals surface area contributed by atoms with Gasteiger partial charge < -0.3 is 5.32 Å². The molecule has 0 fully saturated rings. The SMILES string of the molecule is CCNc1cccnc1S(=O)(=O)Nc1ccncc1. The Labute approximate surface area is 112 Å². The van der Waals surface area contributed by atoms with Gasteiger partial charge in [0.05, 0.1) is 11.4 Å². The molecule has 0 radical (unpaired) electrons. The Morgan fingerprint density at radius 2 is 1.89 bits per heavy atom. The lowest BCUT2D eigenvalue weighted by atomic mass is 10.4. The van der Waals surface area contributed by atoms with Crippen molar-refractivity contribution in [3.05, 3.63) is 42.9 Å². The Hall–Kier alpha value is -2.15. The maximum atomic E-state index is 12.3. The topological polar surface area (TPSA) is 84.0 Å². The van der Waals surface area contributed by atoms with Crippen LogP contribution in [-0.4, -0.2) is 24.9 Å². The first kappa shape index (κ1) is 13.3. The monoisotopic (exact) mass is 278 g/mol. The predicted molar refractivity (Wildman–Crippen MR) is 73.4 cm³/mol. The fourth-order valence-corrected chi connectivity index (χ4v) is 2.73. The molecule has 0 saturated carbocycles. The summed E-state index contributed by atoms with van der Waals surface area (Å²) in [5.41, 5.74) is 0.926. The number of hydrogen-bond donors (Lipinski definition) is 2. The summed E-state index contributed by atoms with van der Waals surface area (Å²) >= 11 is 0. The fourth-order valence-electron chi connectivity index (χ4n) is 1.55. The molecule has 0 bridgehead atoms. The molecule has 2 aromatic rings. The zero-order valence-electron chi connectivity index (χ0n) is 10.4. The van der Waals surface area contributed by atoms with E-state index < -0.39 is 10.0 Å². The van der Waals surface area contributed by atoms with Gasteiger partial charge in [0, 0.05) is 25.1 Å². The molecule has 2 rings (SSSR count). The molecular formula is C12H14N4O2S. The lowest BCUT2D eigenvalue weighted by Gasteiger charge is -2.11. The maximum absolute atomic E-state index is 12.3. The summed E-state index contributed by atoms with van der Waals surface area (Å²) in [7, 11) is -3.72. The van der Waals surface area contributed by atoms with Gasteiger partial charge in [0.25, 0.3) is 10.0 Å². The second kappa shape index (κ2) is 5.66. The third-order valence-electron chi connectivity index (χ3n) is 2.33. The molecule has 7 heteroatoms. The van der Waals surface area contributed by atoms with Crippen molar-refractivity contribution in [3.8, 4) is 0 Å². The smallest absolute Gasteiger partial charge is 0.281 e. The summed E-state index contributed by atoms with van der Waals surface area (Å²) in [6.45, 7) is 2.50. The Kier molecular flexibility index (Phi) is 3.96. The van der Waals surface area contributed by atoms with Gasteiger partial charge >= 0.3 is 0 Å². The highest BCUT2D eigenvalue weighted by Gasteiger charge is 2.19. The van der Waals surface area contributed by atoms with E-state index in [0.29, 0.717) is 17.9 Å². The molecule has 0 atom stereocenters. The first-order valence-electron chi connectivity index (χ1n) is 5.75. The summed E-state index contributed by atoms with van der Waals surface area (Å²) in [5, 5.41) is 2.95. The number of hydrogen-bond acceptors (Lipinski definition) is 5. The van der Waals surface area contributed by atoms with Gasteiger partial charge in [0.2, 0.25) is 0 Å². The molecule has 2 aromatic heterocycles. The van der Waals surface area contributed by atoms with Gasteiger partial charge in [-0.05, 0) is 31.2 Å². The van der Waals surface area contributed by atoms with E-state index in [4.69, 9.17) is 0 Å². The van der Waals surface area contributed by atoms with Crippen molar-refractivity contribution in [1.29, 1.82) is 0 Å². The van der Waals surface area contributed by atoms with Crippen molar-refractivity contribution >= 4 is 21.4 Å². The molecule has 0 aromatic carbocycles. The van der Waals surface area contributed by atoms with Crippen LogP contribution in [0.4, 0.5) is 11.4 Å². The van der Waals surface area contributed by atoms with Crippen LogP contribution in [0.25, 0.3) is 0 Å². The number of nitrogens with zero attached hydrogens (tertiary/aromatic N) is 2. The molecule has 0 unspecified atom stereocenters. The van der Waals surface area contributed by atoms with Crippen molar-refractivity contribution in [1.82, 2.24) is 9.97 Å². The molecule has 2 heterocycles. The summed E-state index contributed by atoms with van der Waals surface area (Å²) < 4.78 is 27.0. The Balaban J connectivity index is 2.35. The highest BCUT2D eigenvalue weighted by atomic mass is 32.2. The minimum absolute atomic E-state index is 0.0198. The van der Waals surface area contributed by atoms with Crippen LogP contribution in [0.3, 0.4) is 0 Å². The second-order valence-corrected chi connectivity index (χ2v) is 5.33. The maximum Gasteiger partial charge on any atom is 0.281 e. The van der Waals surface area contributed by atoms with Crippen LogP contribution in [0, 0.1) is 0 Å². The van der Waals surface area contributed by atoms with Crippen LogP contribution in [0.15, 0.2) is 47.9 Å². The molecule has 0 saturated heterocycles. The molecule has 0 spiro atoms. The number of anilines is 2. The second-order valence-electron chi connectivity index (χ2n) is 3.73. The fraction of sp³-hybridized carbons (Fsp3) is 0.167. The zero-order valence-corrected chi connectivity index (χ0v) is 11.2. The highest BCUT2D eigenvalue weighted by molar-refractivity contribution is 7.92. The number of rotatable bonds is 5. The average molecular weight is 278 g/mol. The normalized spacial score (nSPS) is 11.0. The van der Waals surface area contributed by atoms with Crippen molar-refractivity contribution in [2.24, 2.45) is 0 Å². The van der Waals surface area contributed by atoms with Gasteiger partial charge in [-0.15, -0.1) is 0 Å². The highest BCUT2D eigenvalue weighted by Crippen LogP contribution is 2.20. The van der Waals surface area contributed by atoms with Crippen LogP contribution in [0.1, 0.15) is 6.92 Å². The van der Waals surface area contributed by atoms with Crippen LogP contribution in [-0.2, 0) is 10.0 Å². The summed E-state index contributed by atoms with van der Waals surface area (Å²) in [6.07, 6.45) is 4.48. The van der Waals surface area contributed by atoms with E-state index in [2.05, 4.69) is 20.0 Å². The van der Waals surface area contributed by atoms with Gasteiger partial charge in [0.15, 0.2) is 5.03 Å². The summed E-state index contributed by atoms with van der Waals surface area (Å²) in [4.78, 5) is 7.77. The van der Waals surface area contributed by atoms with E-state index in [1.54, 1.807) is 24.3 Å². The molecule has 0 aliphatic carbocycles. The Morgan fingerprint density at radius 1 is 1.16 bits per heavy atom. The van der Waals surface area contributed by atoms with E-state index in [0.717, 1.165) is 0 Å². The van der Waals surface area contributed by atoms with Gasteiger partial charge in [-0.2, -0.15) is 8.42 Å². The van der Waals surface area contributed by atoms with Crippen molar-refractivity contribution in [3.63, 3.8) is 0 Å². The van der Waals surface area contributed by atoms with E-state index in [1.165, 1.54) is 18.6 Å². The standard InChI is InChI=1S/C12H14N4O2S/c1-2-14-11-4-3-7-15-12(11)19(17,18)16-10-5-8-13-9-6-10/h3-9,14H,2H2,1H3,(H,13,16). The first-order valence-corrected chi connectivity index (χ1v) is 7.23. The van der Waals surface area contributed by atoms with Crippen LogP contribution in [0.2, 0.25) is 0 Å². The largest absolute Gasteiger partial charge is 0.383 e. The van der Waals surface area contributed by atoms with E-state index >= 15 is 0 Å². The van der Waals surface area contributed by atoms with Gasteiger partial charge in [-0.25, -0.2) is 4.98 Å². The Bertz CT molecular complexity index is 644. The number of nitrogens with one attached hydrogen (secondary N) is 2. The van der Waals surface area contributed by atoms with Crippen molar-refractivity contribution < 1.29 is 8.42 Å². The van der Waals surface area contributed by atoms with Crippen molar-refractivity contribution in [2.45, 2.75) is 11.9 Å². The number of aromatic nitrogens is 2. The van der Waals surface area contributed by atoms with Crippen LogP contribution in [0.5, 0.6) is 0 Å². The quantitative estimate of drug-likeness (QED) is 0.869. The van der Waals surface area contributed by atoms with E-state index in [-0.39, 0.29) is 5.03 Å². The van der Waals surface area contributed by atoms with E-state index in [9.17, 15) is 8.42 Å².